The third-order valence-corrected chi connectivity index (χ3v) is 3.47. The number of rotatable bonds is 1. The molecule has 3 rings (SSSR count). The Labute approximate surface area is 96.9 Å². The summed E-state index contributed by atoms with van der Waals surface area (Å²) in [6.45, 7) is 4.55. The molecule has 2 aromatic carbocycles. The smallest absolute Gasteiger partial charge is 0.00133 e. The van der Waals surface area contributed by atoms with E-state index < -0.39 is 0 Å². The van der Waals surface area contributed by atoms with Crippen LogP contribution in [0.2, 0.25) is 0 Å². The predicted molar refractivity (Wildman–Crippen MR) is 68.8 cm³/mol. The number of benzene rings is 2. The zero-order chi connectivity index (χ0) is 11.1. The maximum absolute atomic E-state index is 2.27. The van der Waals surface area contributed by atoms with Crippen LogP contribution < -0.4 is 0 Å². The molecule has 16 heavy (non-hydrogen) atoms. The molecule has 0 saturated carbocycles. The number of hydrogen-bond donors (Lipinski definition) is 0. The summed E-state index contributed by atoms with van der Waals surface area (Å²) in [7, 11) is 0. The molecule has 0 amide bonds. The normalized spacial score (nSPS) is 12.7. The topological polar surface area (TPSA) is 0 Å². The first-order chi connectivity index (χ1) is 7.77. The van der Waals surface area contributed by atoms with E-state index in [-0.39, 0.29) is 0 Å². The Balaban J connectivity index is 2.29. The lowest BCUT2D eigenvalue weighted by Gasteiger charge is -2.12. The SMILES string of the molecule is CC(C)c1cccc2c1-c1ccccc1C2. The molecule has 0 radical (unpaired) electrons. The minimum Gasteiger partial charge on any atom is -0.0619 e. The van der Waals surface area contributed by atoms with Crippen molar-refractivity contribution >= 4 is 0 Å². The van der Waals surface area contributed by atoms with Crippen molar-refractivity contribution in [3.8, 4) is 11.1 Å². The average molecular weight is 208 g/mol. The van der Waals surface area contributed by atoms with Gasteiger partial charge in [-0.25, -0.2) is 0 Å². The second-order valence-electron chi connectivity index (χ2n) is 4.87. The van der Waals surface area contributed by atoms with Crippen molar-refractivity contribution in [3.63, 3.8) is 0 Å². The van der Waals surface area contributed by atoms with Gasteiger partial charge in [0, 0.05) is 0 Å². The third-order valence-electron chi connectivity index (χ3n) is 3.47. The molecule has 0 bridgehead atoms. The molecule has 0 spiro atoms. The molecule has 0 N–H and O–H groups in total. The van der Waals surface area contributed by atoms with Gasteiger partial charge < -0.3 is 0 Å². The van der Waals surface area contributed by atoms with Gasteiger partial charge in [-0.15, -0.1) is 0 Å². The molecule has 1 aliphatic rings. The van der Waals surface area contributed by atoms with Crippen LogP contribution >= 0.6 is 0 Å². The maximum atomic E-state index is 2.27. The van der Waals surface area contributed by atoms with E-state index in [0.717, 1.165) is 6.42 Å². The zero-order valence-electron chi connectivity index (χ0n) is 9.83. The van der Waals surface area contributed by atoms with Gasteiger partial charge in [-0.2, -0.15) is 0 Å². The Bertz CT molecular complexity index is 535. The molecule has 0 heterocycles. The first kappa shape index (κ1) is 9.65. The van der Waals surface area contributed by atoms with E-state index in [1.165, 1.54) is 27.8 Å². The minimum absolute atomic E-state index is 0.598. The highest BCUT2D eigenvalue weighted by molar-refractivity contribution is 5.79. The highest BCUT2D eigenvalue weighted by Crippen LogP contribution is 2.40. The van der Waals surface area contributed by atoms with Gasteiger partial charge in [0.15, 0.2) is 0 Å². The van der Waals surface area contributed by atoms with Crippen molar-refractivity contribution in [3.05, 3.63) is 59.2 Å². The van der Waals surface area contributed by atoms with Crippen LogP contribution in [0.5, 0.6) is 0 Å². The average Bonchev–Trinajstić information content (AvgIpc) is 2.66. The summed E-state index contributed by atoms with van der Waals surface area (Å²) in [4.78, 5) is 0. The molecule has 2 aromatic rings. The van der Waals surface area contributed by atoms with Gasteiger partial charge in [0.25, 0.3) is 0 Å². The lowest BCUT2D eigenvalue weighted by atomic mass is 9.92. The van der Waals surface area contributed by atoms with E-state index in [4.69, 9.17) is 0 Å². The first-order valence-electron chi connectivity index (χ1n) is 5.97. The van der Waals surface area contributed by atoms with Gasteiger partial charge in [0.2, 0.25) is 0 Å². The molecule has 80 valence electrons. The molecule has 0 aliphatic heterocycles. The Kier molecular flexibility index (Phi) is 2.10. The second kappa shape index (κ2) is 3.48. The second-order valence-corrected chi connectivity index (χ2v) is 4.87. The fourth-order valence-electron chi connectivity index (χ4n) is 2.70. The van der Waals surface area contributed by atoms with E-state index >= 15 is 0 Å². The van der Waals surface area contributed by atoms with Crippen LogP contribution in [0.3, 0.4) is 0 Å². The van der Waals surface area contributed by atoms with Crippen LogP contribution in [-0.4, -0.2) is 0 Å². The van der Waals surface area contributed by atoms with Crippen molar-refractivity contribution in [1.82, 2.24) is 0 Å². The van der Waals surface area contributed by atoms with Crippen LogP contribution in [0.1, 0.15) is 36.5 Å². The molecule has 0 heteroatoms. The van der Waals surface area contributed by atoms with Crippen molar-refractivity contribution in [2.24, 2.45) is 0 Å². The molecule has 0 fully saturated rings. The van der Waals surface area contributed by atoms with Gasteiger partial charge in [-0.3, -0.25) is 0 Å². The molecule has 0 aromatic heterocycles. The van der Waals surface area contributed by atoms with Crippen LogP contribution in [0.25, 0.3) is 11.1 Å². The van der Waals surface area contributed by atoms with Gasteiger partial charge in [-0.1, -0.05) is 56.3 Å². The van der Waals surface area contributed by atoms with Gasteiger partial charge >= 0.3 is 0 Å². The number of hydrogen-bond acceptors (Lipinski definition) is 0. The Hall–Kier alpha value is -1.56. The van der Waals surface area contributed by atoms with Crippen LogP contribution in [0, 0.1) is 0 Å². The molecular formula is C16H16. The molecule has 0 atom stereocenters. The standard InChI is InChI=1S/C16H16/c1-11(2)14-9-5-7-13-10-12-6-3-4-8-15(12)16(13)14/h3-9,11H,10H2,1-2H3. The van der Waals surface area contributed by atoms with Crippen molar-refractivity contribution in [1.29, 1.82) is 0 Å². The Morgan fingerprint density at radius 1 is 0.875 bits per heavy atom. The van der Waals surface area contributed by atoms with Gasteiger partial charge in [0.1, 0.15) is 0 Å². The summed E-state index contributed by atoms with van der Waals surface area (Å²) in [6, 6.07) is 15.5. The summed E-state index contributed by atoms with van der Waals surface area (Å²) in [5, 5.41) is 0. The fourth-order valence-corrected chi connectivity index (χ4v) is 2.70. The number of fused-ring (bicyclic) bond motifs is 3. The molecule has 0 saturated heterocycles. The van der Waals surface area contributed by atoms with E-state index in [2.05, 4.69) is 56.3 Å². The lowest BCUT2D eigenvalue weighted by molar-refractivity contribution is 0.868. The Morgan fingerprint density at radius 2 is 1.62 bits per heavy atom. The Morgan fingerprint density at radius 3 is 2.44 bits per heavy atom. The van der Waals surface area contributed by atoms with E-state index in [9.17, 15) is 0 Å². The summed E-state index contributed by atoms with van der Waals surface area (Å²) >= 11 is 0. The summed E-state index contributed by atoms with van der Waals surface area (Å²) in [5.74, 6) is 0.598. The van der Waals surface area contributed by atoms with Crippen LogP contribution in [0.15, 0.2) is 42.5 Å². The van der Waals surface area contributed by atoms with Crippen molar-refractivity contribution in [2.75, 3.05) is 0 Å². The summed E-state index contributed by atoms with van der Waals surface area (Å²) in [6.07, 6.45) is 1.10. The van der Waals surface area contributed by atoms with Crippen molar-refractivity contribution < 1.29 is 0 Å². The van der Waals surface area contributed by atoms with E-state index in [0.29, 0.717) is 5.92 Å². The fraction of sp³-hybridized carbons (Fsp3) is 0.250. The van der Waals surface area contributed by atoms with Gasteiger partial charge in [-0.05, 0) is 40.2 Å². The highest BCUT2D eigenvalue weighted by Gasteiger charge is 2.21. The maximum Gasteiger partial charge on any atom is -0.00133 e. The lowest BCUT2D eigenvalue weighted by Crippen LogP contribution is -1.92. The molecule has 0 nitrogen and oxygen atoms in total. The summed E-state index contributed by atoms with van der Waals surface area (Å²) in [5.41, 5.74) is 7.40. The van der Waals surface area contributed by atoms with Crippen LogP contribution in [-0.2, 0) is 6.42 Å². The van der Waals surface area contributed by atoms with E-state index in [1.54, 1.807) is 0 Å². The minimum atomic E-state index is 0.598. The van der Waals surface area contributed by atoms with Crippen molar-refractivity contribution in [2.45, 2.75) is 26.2 Å². The monoisotopic (exact) mass is 208 g/mol. The third kappa shape index (κ3) is 1.30. The van der Waals surface area contributed by atoms with Gasteiger partial charge in [0.05, 0.1) is 0 Å². The van der Waals surface area contributed by atoms with Crippen LogP contribution in [0.4, 0.5) is 0 Å². The van der Waals surface area contributed by atoms with E-state index in [1.807, 2.05) is 0 Å². The quantitative estimate of drug-likeness (QED) is 0.556. The molecule has 0 unspecified atom stereocenters. The molecular weight excluding hydrogens is 192 g/mol. The largest absolute Gasteiger partial charge is 0.0619 e. The molecule has 1 aliphatic carbocycles. The highest BCUT2D eigenvalue weighted by atomic mass is 14.2. The first-order valence-corrected chi connectivity index (χ1v) is 5.97. The zero-order valence-corrected chi connectivity index (χ0v) is 9.83. The predicted octanol–water partition coefficient (Wildman–Crippen LogP) is 4.38. The summed E-state index contributed by atoms with van der Waals surface area (Å²) < 4.78 is 0.